The topological polar surface area (TPSA) is 82.9 Å². The van der Waals surface area contributed by atoms with E-state index in [1.165, 1.54) is 28.4 Å². The number of allylic oxidation sites excluding steroid dienone is 1. The maximum atomic E-state index is 13.5. The number of piperidine rings is 1. The van der Waals surface area contributed by atoms with E-state index in [1.807, 2.05) is 20.8 Å². The predicted molar refractivity (Wildman–Crippen MR) is 121 cm³/mol. The van der Waals surface area contributed by atoms with Gasteiger partial charge in [0.05, 0.1) is 5.69 Å². The van der Waals surface area contributed by atoms with Crippen LogP contribution in [0.15, 0.2) is 22.2 Å². The van der Waals surface area contributed by atoms with Crippen molar-refractivity contribution in [3.05, 3.63) is 50.4 Å². The molecule has 0 saturated carbocycles. The van der Waals surface area contributed by atoms with E-state index in [1.54, 1.807) is 22.4 Å². The molecular formula is C22H31N7O2. The maximum absolute atomic E-state index is 13.5. The van der Waals surface area contributed by atoms with Crippen molar-refractivity contribution in [2.45, 2.75) is 53.1 Å². The van der Waals surface area contributed by atoms with Crippen LogP contribution in [0.5, 0.6) is 0 Å². The van der Waals surface area contributed by atoms with Gasteiger partial charge >= 0.3 is 5.69 Å². The zero-order valence-corrected chi connectivity index (χ0v) is 18.9. The zero-order valence-electron chi connectivity index (χ0n) is 18.9. The fourth-order valence-corrected chi connectivity index (χ4v) is 4.36. The van der Waals surface area contributed by atoms with Gasteiger partial charge in [-0.25, -0.2) is 9.48 Å². The molecule has 1 fully saturated rings. The summed E-state index contributed by atoms with van der Waals surface area (Å²) in [6.45, 7) is 13.3. The summed E-state index contributed by atoms with van der Waals surface area (Å²) in [6.07, 6.45) is 5.32. The normalized spacial score (nSPS) is 15.1. The van der Waals surface area contributed by atoms with E-state index in [4.69, 9.17) is 0 Å². The van der Waals surface area contributed by atoms with E-state index in [0.29, 0.717) is 36.7 Å². The number of likely N-dealkylation sites (tertiary alicyclic amines) is 1. The van der Waals surface area contributed by atoms with Crippen LogP contribution < -0.4 is 11.2 Å². The van der Waals surface area contributed by atoms with Crippen LogP contribution in [-0.2, 0) is 20.1 Å². The third-order valence-corrected chi connectivity index (χ3v) is 6.46. The number of hydrogen-bond donors (Lipinski definition) is 0. The SMILES string of the molecule is C=CCn1c(-n2nc(C)c(C)c2C)nc2c1c(=O)n(CCN1CCCCC1)c(=O)n2C. The van der Waals surface area contributed by atoms with E-state index in [0.717, 1.165) is 30.0 Å². The van der Waals surface area contributed by atoms with Crippen molar-refractivity contribution >= 4 is 11.2 Å². The lowest BCUT2D eigenvalue weighted by Crippen LogP contribution is -2.43. The van der Waals surface area contributed by atoms with Crippen LogP contribution in [0.25, 0.3) is 17.1 Å². The van der Waals surface area contributed by atoms with Gasteiger partial charge in [-0.3, -0.25) is 18.5 Å². The number of nitrogens with zero attached hydrogens (tertiary/aromatic N) is 7. The van der Waals surface area contributed by atoms with Crippen molar-refractivity contribution in [3.63, 3.8) is 0 Å². The van der Waals surface area contributed by atoms with E-state index in [2.05, 4.69) is 21.6 Å². The van der Waals surface area contributed by atoms with Gasteiger partial charge in [0, 0.05) is 32.4 Å². The Hall–Kier alpha value is -2.94. The molecule has 4 rings (SSSR count). The molecule has 0 amide bonds. The first-order chi connectivity index (χ1) is 14.8. The average molecular weight is 426 g/mol. The van der Waals surface area contributed by atoms with E-state index >= 15 is 0 Å². The number of fused-ring (bicyclic) bond motifs is 1. The van der Waals surface area contributed by atoms with Crippen LogP contribution in [0.4, 0.5) is 0 Å². The molecule has 1 aliphatic heterocycles. The van der Waals surface area contributed by atoms with Crippen molar-refractivity contribution in [1.29, 1.82) is 0 Å². The second-order valence-electron chi connectivity index (χ2n) is 8.39. The number of imidazole rings is 1. The molecule has 0 aromatic carbocycles. The lowest BCUT2D eigenvalue weighted by atomic mass is 10.1. The van der Waals surface area contributed by atoms with Gasteiger partial charge in [0.15, 0.2) is 11.2 Å². The molecule has 4 heterocycles. The Morgan fingerprint density at radius 3 is 2.35 bits per heavy atom. The zero-order chi connectivity index (χ0) is 22.3. The van der Waals surface area contributed by atoms with Crippen molar-refractivity contribution in [2.75, 3.05) is 19.6 Å². The van der Waals surface area contributed by atoms with Gasteiger partial charge in [-0.05, 0) is 52.3 Å². The standard InChI is InChI=1S/C22H31N7O2/c1-6-10-27-18-19(23-21(27)29-17(4)15(2)16(3)24-29)25(5)22(31)28(20(18)30)14-13-26-11-8-7-9-12-26/h6H,1,7-14H2,2-5H3. The lowest BCUT2D eigenvalue weighted by molar-refractivity contribution is 0.218. The van der Waals surface area contributed by atoms with Crippen LogP contribution in [0.1, 0.15) is 36.2 Å². The smallest absolute Gasteiger partial charge is 0.302 e. The summed E-state index contributed by atoms with van der Waals surface area (Å²) in [5.74, 6) is 0.518. The van der Waals surface area contributed by atoms with Crippen molar-refractivity contribution in [2.24, 2.45) is 7.05 Å². The van der Waals surface area contributed by atoms with Gasteiger partial charge in [0.25, 0.3) is 5.56 Å². The van der Waals surface area contributed by atoms with Crippen molar-refractivity contribution in [1.82, 2.24) is 33.4 Å². The van der Waals surface area contributed by atoms with Crippen LogP contribution in [-0.4, -0.2) is 53.0 Å². The highest BCUT2D eigenvalue weighted by Gasteiger charge is 2.23. The second kappa shape index (κ2) is 8.30. The summed E-state index contributed by atoms with van der Waals surface area (Å²) in [5, 5.41) is 4.62. The average Bonchev–Trinajstić information content (AvgIpc) is 3.26. The molecule has 0 radical (unpaired) electrons. The minimum absolute atomic E-state index is 0.311. The van der Waals surface area contributed by atoms with Gasteiger partial charge < -0.3 is 4.90 Å². The summed E-state index contributed by atoms with van der Waals surface area (Å²) in [4.78, 5) is 33.5. The number of aromatic nitrogens is 6. The molecule has 0 spiro atoms. The van der Waals surface area contributed by atoms with Crippen molar-refractivity contribution < 1.29 is 0 Å². The number of hydrogen-bond acceptors (Lipinski definition) is 5. The minimum atomic E-state index is -0.339. The molecule has 9 heteroatoms. The van der Waals surface area contributed by atoms with Gasteiger partial charge in [-0.2, -0.15) is 10.1 Å². The summed E-state index contributed by atoms with van der Waals surface area (Å²) in [5.41, 5.74) is 3.05. The Kier molecular flexibility index (Phi) is 5.70. The third-order valence-electron chi connectivity index (χ3n) is 6.46. The molecule has 1 aliphatic rings. The highest BCUT2D eigenvalue weighted by atomic mass is 16.2. The highest BCUT2D eigenvalue weighted by molar-refractivity contribution is 5.72. The molecule has 3 aromatic rings. The van der Waals surface area contributed by atoms with E-state index < -0.39 is 0 Å². The predicted octanol–water partition coefficient (Wildman–Crippen LogP) is 1.68. The molecule has 0 N–H and O–H groups in total. The van der Waals surface area contributed by atoms with Crippen LogP contribution >= 0.6 is 0 Å². The van der Waals surface area contributed by atoms with Crippen LogP contribution in [0.3, 0.4) is 0 Å². The summed E-state index contributed by atoms with van der Waals surface area (Å²) < 4.78 is 6.36. The van der Waals surface area contributed by atoms with Gasteiger partial charge in [0.2, 0.25) is 5.95 Å². The Bertz CT molecular complexity index is 1250. The molecule has 1 saturated heterocycles. The van der Waals surface area contributed by atoms with Gasteiger partial charge in [0.1, 0.15) is 0 Å². The Morgan fingerprint density at radius 2 is 1.74 bits per heavy atom. The number of aryl methyl sites for hydroxylation is 2. The molecular weight excluding hydrogens is 394 g/mol. The second-order valence-corrected chi connectivity index (χ2v) is 8.39. The first kappa shape index (κ1) is 21.3. The molecule has 3 aromatic heterocycles. The maximum Gasteiger partial charge on any atom is 0.332 e. The largest absolute Gasteiger partial charge is 0.332 e. The fraction of sp³-hybridized carbons (Fsp3) is 0.545. The minimum Gasteiger partial charge on any atom is -0.302 e. The van der Waals surface area contributed by atoms with Crippen LogP contribution in [0, 0.1) is 20.8 Å². The third kappa shape index (κ3) is 3.56. The molecule has 0 atom stereocenters. The monoisotopic (exact) mass is 425 g/mol. The number of rotatable bonds is 6. The van der Waals surface area contributed by atoms with E-state index in [9.17, 15) is 9.59 Å². The Labute approximate surface area is 181 Å². The van der Waals surface area contributed by atoms with E-state index in [-0.39, 0.29) is 11.2 Å². The van der Waals surface area contributed by atoms with Crippen LogP contribution in [0.2, 0.25) is 0 Å². The summed E-state index contributed by atoms with van der Waals surface area (Å²) in [7, 11) is 1.67. The Balaban J connectivity index is 1.88. The first-order valence-electron chi connectivity index (χ1n) is 10.9. The summed E-state index contributed by atoms with van der Waals surface area (Å²) >= 11 is 0. The first-order valence-corrected chi connectivity index (χ1v) is 10.9. The lowest BCUT2D eigenvalue weighted by Gasteiger charge is -2.26. The fourth-order valence-electron chi connectivity index (χ4n) is 4.36. The molecule has 0 aliphatic carbocycles. The molecule has 9 nitrogen and oxygen atoms in total. The molecule has 0 unspecified atom stereocenters. The quantitative estimate of drug-likeness (QED) is 0.561. The molecule has 166 valence electrons. The molecule has 0 bridgehead atoms. The van der Waals surface area contributed by atoms with Gasteiger partial charge in [-0.15, -0.1) is 6.58 Å². The summed E-state index contributed by atoms with van der Waals surface area (Å²) in [6, 6.07) is 0. The highest BCUT2D eigenvalue weighted by Crippen LogP contribution is 2.20. The van der Waals surface area contributed by atoms with Gasteiger partial charge in [-0.1, -0.05) is 12.5 Å². The molecule has 31 heavy (non-hydrogen) atoms. The van der Waals surface area contributed by atoms with Crippen molar-refractivity contribution in [3.8, 4) is 5.95 Å². The Morgan fingerprint density at radius 1 is 1.03 bits per heavy atom.